The molecule has 1 atom stereocenters. The van der Waals surface area contributed by atoms with Crippen LogP contribution >= 0.6 is 0 Å². The quantitative estimate of drug-likeness (QED) is 0.851. The Morgan fingerprint density at radius 3 is 2.65 bits per heavy atom. The van der Waals surface area contributed by atoms with Crippen molar-refractivity contribution in [3.63, 3.8) is 0 Å². The van der Waals surface area contributed by atoms with Crippen LogP contribution in [-0.4, -0.2) is 37.1 Å². The van der Waals surface area contributed by atoms with Crippen molar-refractivity contribution in [1.82, 2.24) is 4.90 Å². The number of benzene rings is 1. The predicted molar refractivity (Wildman–Crippen MR) is 92.5 cm³/mol. The van der Waals surface area contributed by atoms with E-state index in [1.165, 1.54) is 17.5 Å². The van der Waals surface area contributed by atoms with Crippen molar-refractivity contribution in [2.75, 3.05) is 26.3 Å². The van der Waals surface area contributed by atoms with Gasteiger partial charge in [-0.15, -0.1) is 0 Å². The van der Waals surface area contributed by atoms with Crippen LogP contribution in [0.4, 0.5) is 0 Å². The lowest BCUT2D eigenvalue weighted by Gasteiger charge is -2.33. The van der Waals surface area contributed by atoms with E-state index in [2.05, 4.69) is 49.9 Å². The van der Waals surface area contributed by atoms with Gasteiger partial charge in [-0.1, -0.05) is 43.7 Å². The molecular weight excluding hydrogens is 286 g/mol. The van der Waals surface area contributed by atoms with Gasteiger partial charge in [0.15, 0.2) is 0 Å². The summed E-state index contributed by atoms with van der Waals surface area (Å²) in [6, 6.07) is 8.57. The number of rotatable bonds is 3. The van der Waals surface area contributed by atoms with E-state index in [-0.39, 0.29) is 16.7 Å². The summed E-state index contributed by atoms with van der Waals surface area (Å²) in [5.74, 6) is 0.290. The standard InChI is InChI=1S/C20H29NO2/c1-16-5-7-17(8-6-16)19(2,3)13-18(22)21-11-10-20(14-21)9-4-12-23-15-20/h5-8H,4,9-15H2,1-3H3. The topological polar surface area (TPSA) is 29.5 Å². The third-order valence-corrected chi connectivity index (χ3v) is 5.62. The van der Waals surface area contributed by atoms with Gasteiger partial charge in [-0.25, -0.2) is 0 Å². The fourth-order valence-electron chi connectivity index (χ4n) is 3.98. The molecule has 0 bridgehead atoms. The molecule has 0 aromatic heterocycles. The van der Waals surface area contributed by atoms with Gasteiger partial charge in [-0.05, 0) is 37.2 Å². The van der Waals surface area contributed by atoms with Gasteiger partial charge in [0.2, 0.25) is 5.91 Å². The summed E-state index contributed by atoms with van der Waals surface area (Å²) in [5, 5.41) is 0. The van der Waals surface area contributed by atoms with Crippen LogP contribution in [0, 0.1) is 12.3 Å². The molecule has 1 amide bonds. The zero-order chi connectivity index (χ0) is 16.5. The Bertz CT molecular complexity index is 556. The molecule has 2 aliphatic heterocycles. The molecule has 3 rings (SSSR count). The molecule has 2 fully saturated rings. The maximum atomic E-state index is 12.8. The Balaban J connectivity index is 1.63. The molecule has 2 saturated heterocycles. The molecule has 0 aliphatic carbocycles. The molecule has 3 nitrogen and oxygen atoms in total. The molecule has 0 radical (unpaired) electrons. The molecule has 126 valence electrons. The minimum atomic E-state index is -0.121. The summed E-state index contributed by atoms with van der Waals surface area (Å²) in [6.07, 6.45) is 4.02. The SMILES string of the molecule is Cc1ccc(C(C)(C)CC(=O)N2CCC3(CCCOC3)C2)cc1. The average molecular weight is 315 g/mol. The van der Waals surface area contributed by atoms with Crippen LogP contribution in [0.15, 0.2) is 24.3 Å². The van der Waals surface area contributed by atoms with Crippen molar-refractivity contribution in [2.24, 2.45) is 5.41 Å². The Morgan fingerprint density at radius 1 is 1.26 bits per heavy atom. The average Bonchev–Trinajstić information content (AvgIpc) is 2.92. The van der Waals surface area contributed by atoms with E-state index < -0.39 is 0 Å². The van der Waals surface area contributed by atoms with Crippen molar-refractivity contribution in [2.45, 2.75) is 51.9 Å². The molecule has 0 N–H and O–H groups in total. The highest BCUT2D eigenvalue weighted by molar-refractivity contribution is 5.78. The normalized spacial score (nSPS) is 25.1. The van der Waals surface area contributed by atoms with Gasteiger partial charge in [0, 0.05) is 31.5 Å². The smallest absolute Gasteiger partial charge is 0.223 e. The van der Waals surface area contributed by atoms with E-state index in [4.69, 9.17) is 4.74 Å². The highest BCUT2D eigenvalue weighted by atomic mass is 16.5. The summed E-state index contributed by atoms with van der Waals surface area (Å²) in [4.78, 5) is 14.9. The third-order valence-electron chi connectivity index (χ3n) is 5.62. The molecule has 23 heavy (non-hydrogen) atoms. The van der Waals surface area contributed by atoms with Gasteiger partial charge in [0.05, 0.1) is 6.61 Å². The monoisotopic (exact) mass is 315 g/mol. The first kappa shape index (κ1) is 16.5. The number of amides is 1. The van der Waals surface area contributed by atoms with Crippen LogP contribution in [0.5, 0.6) is 0 Å². The lowest BCUT2D eigenvalue weighted by Crippen LogP contribution is -2.38. The molecule has 2 heterocycles. The summed E-state index contributed by atoms with van der Waals surface area (Å²) in [7, 11) is 0. The Labute approximate surface area is 140 Å². The first-order valence-electron chi connectivity index (χ1n) is 8.83. The van der Waals surface area contributed by atoms with E-state index in [9.17, 15) is 4.79 Å². The molecule has 1 aromatic carbocycles. The first-order chi connectivity index (χ1) is 10.9. The van der Waals surface area contributed by atoms with Gasteiger partial charge < -0.3 is 9.64 Å². The van der Waals surface area contributed by atoms with Gasteiger partial charge in [-0.2, -0.15) is 0 Å². The fraction of sp³-hybridized carbons (Fsp3) is 0.650. The molecular formula is C20H29NO2. The van der Waals surface area contributed by atoms with E-state index in [0.29, 0.717) is 6.42 Å². The number of aryl methyl sites for hydroxylation is 1. The highest BCUT2D eigenvalue weighted by Crippen LogP contribution is 2.39. The first-order valence-corrected chi connectivity index (χ1v) is 8.83. The number of hydrogen-bond acceptors (Lipinski definition) is 2. The van der Waals surface area contributed by atoms with E-state index >= 15 is 0 Å². The van der Waals surface area contributed by atoms with Crippen molar-refractivity contribution in [3.8, 4) is 0 Å². The van der Waals surface area contributed by atoms with Gasteiger partial charge in [-0.3, -0.25) is 4.79 Å². The lowest BCUT2D eigenvalue weighted by molar-refractivity contribution is -0.132. The number of likely N-dealkylation sites (tertiary alicyclic amines) is 1. The second-order valence-corrected chi connectivity index (χ2v) is 8.15. The zero-order valence-electron chi connectivity index (χ0n) is 14.7. The van der Waals surface area contributed by atoms with Crippen LogP contribution < -0.4 is 0 Å². The molecule has 2 aliphatic rings. The minimum absolute atomic E-state index is 0.121. The van der Waals surface area contributed by atoms with Gasteiger partial charge in [0.25, 0.3) is 0 Å². The Hall–Kier alpha value is -1.35. The lowest BCUT2D eigenvalue weighted by atomic mass is 9.80. The zero-order valence-corrected chi connectivity index (χ0v) is 14.7. The molecule has 3 heteroatoms. The maximum absolute atomic E-state index is 12.8. The summed E-state index contributed by atoms with van der Waals surface area (Å²) in [5.41, 5.74) is 2.62. The van der Waals surface area contributed by atoms with Crippen molar-refractivity contribution >= 4 is 5.91 Å². The van der Waals surface area contributed by atoms with Crippen molar-refractivity contribution in [3.05, 3.63) is 35.4 Å². The number of carbonyl (C=O) groups excluding carboxylic acids is 1. The third kappa shape index (κ3) is 3.60. The fourth-order valence-corrected chi connectivity index (χ4v) is 3.98. The summed E-state index contributed by atoms with van der Waals surface area (Å²) < 4.78 is 5.68. The van der Waals surface area contributed by atoms with Crippen molar-refractivity contribution in [1.29, 1.82) is 0 Å². The Kier molecular flexibility index (Phi) is 4.50. The van der Waals surface area contributed by atoms with E-state index in [1.54, 1.807) is 0 Å². The Morgan fingerprint density at radius 2 is 2.00 bits per heavy atom. The molecule has 1 aromatic rings. The number of ether oxygens (including phenoxy) is 1. The summed E-state index contributed by atoms with van der Waals surface area (Å²) >= 11 is 0. The maximum Gasteiger partial charge on any atom is 0.223 e. The van der Waals surface area contributed by atoms with E-state index in [0.717, 1.165) is 39.1 Å². The molecule has 1 spiro atoms. The largest absolute Gasteiger partial charge is 0.381 e. The second-order valence-electron chi connectivity index (χ2n) is 8.15. The van der Waals surface area contributed by atoms with Gasteiger partial charge in [0.1, 0.15) is 0 Å². The van der Waals surface area contributed by atoms with Crippen LogP contribution in [0.1, 0.15) is 50.7 Å². The molecule has 0 saturated carbocycles. The second kappa shape index (κ2) is 6.27. The highest BCUT2D eigenvalue weighted by Gasteiger charge is 2.42. The van der Waals surface area contributed by atoms with Gasteiger partial charge >= 0.3 is 0 Å². The predicted octanol–water partition coefficient (Wildman–Crippen LogP) is 3.69. The van der Waals surface area contributed by atoms with Crippen LogP contribution in [0.25, 0.3) is 0 Å². The minimum Gasteiger partial charge on any atom is -0.381 e. The number of carbonyl (C=O) groups is 1. The van der Waals surface area contributed by atoms with Crippen molar-refractivity contribution < 1.29 is 9.53 Å². The molecule has 1 unspecified atom stereocenters. The number of nitrogens with zero attached hydrogens (tertiary/aromatic N) is 1. The van der Waals surface area contributed by atoms with E-state index in [1.807, 2.05) is 0 Å². The van der Waals surface area contributed by atoms with Crippen LogP contribution in [-0.2, 0) is 14.9 Å². The van der Waals surface area contributed by atoms with Crippen LogP contribution in [0.3, 0.4) is 0 Å². The summed E-state index contributed by atoms with van der Waals surface area (Å²) in [6.45, 7) is 9.93. The number of hydrogen-bond donors (Lipinski definition) is 0. The van der Waals surface area contributed by atoms with Crippen LogP contribution in [0.2, 0.25) is 0 Å².